The molecular weight excluding hydrogens is 237 g/mol. The van der Waals surface area contributed by atoms with Crippen molar-refractivity contribution >= 4 is 0 Å². The van der Waals surface area contributed by atoms with Crippen molar-refractivity contribution in [2.24, 2.45) is 17.8 Å². The maximum Gasteiger partial charge on any atom is 0.123 e. The topological polar surface area (TPSA) is 12.0 Å². The van der Waals surface area contributed by atoms with E-state index in [1.54, 1.807) is 6.07 Å². The molecular formula is C17H24FN. The molecule has 2 fully saturated rings. The molecule has 0 aromatic heterocycles. The van der Waals surface area contributed by atoms with E-state index in [1.807, 2.05) is 6.07 Å². The molecule has 2 heteroatoms. The third kappa shape index (κ3) is 3.17. The van der Waals surface area contributed by atoms with E-state index in [0.29, 0.717) is 6.04 Å². The third-order valence-electron chi connectivity index (χ3n) is 4.85. The molecule has 0 aliphatic heterocycles. The molecule has 2 aliphatic rings. The summed E-state index contributed by atoms with van der Waals surface area (Å²) in [6.45, 7) is 3.28. The first-order valence-corrected chi connectivity index (χ1v) is 7.74. The standard InChI is InChI=1S/C17H24FN/c1-2-6-19-17(15-10-13-9-14(13)11-15)8-12-4-3-5-16(18)7-12/h3-5,7,13-15,17,19H,2,6,8-11H2,1H3. The van der Waals surface area contributed by atoms with E-state index in [0.717, 1.165) is 36.3 Å². The van der Waals surface area contributed by atoms with Gasteiger partial charge in [0.25, 0.3) is 0 Å². The summed E-state index contributed by atoms with van der Waals surface area (Å²) in [7, 11) is 0. The maximum atomic E-state index is 13.3. The van der Waals surface area contributed by atoms with Crippen LogP contribution in [-0.4, -0.2) is 12.6 Å². The molecule has 3 atom stereocenters. The Bertz CT molecular complexity index is 421. The fraction of sp³-hybridized carbons (Fsp3) is 0.647. The van der Waals surface area contributed by atoms with Gasteiger partial charge in [-0.05, 0) is 74.1 Å². The molecule has 0 amide bonds. The molecule has 0 radical (unpaired) electrons. The molecule has 0 heterocycles. The highest BCUT2D eigenvalue weighted by Gasteiger charge is 2.47. The summed E-state index contributed by atoms with van der Waals surface area (Å²) >= 11 is 0. The Morgan fingerprint density at radius 2 is 2.05 bits per heavy atom. The van der Waals surface area contributed by atoms with Crippen molar-refractivity contribution in [1.29, 1.82) is 0 Å². The lowest BCUT2D eigenvalue weighted by atomic mass is 9.89. The Kier molecular flexibility index (Phi) is 3.88. The summed E-state index contributed by atoms with van der Waals surface area (Å²) in [5, 5.41) is 3.70. The fourth-order valence-electron chi connectivity index (χ4n) is 3.74. The van der Waals surface area contributed by atoms with Crippen LogP contribution in [0.1, 0.15) is 38.2 Å². The molecule has 104 valence electrons. The highest BCUT2D eigenvalue weighted by atomic mass is 19.1. The first-order valence-electron chi connectivity index (χ1n) is 7.74. The van der Waals surface area contributed by atoms with Crippen molar-refractivity contribution in [2.45, 2.75) is 45.1 Å². The quantitative estimate of drug-likeness (QED) is 0.821. The summed E-state index contributed by atoms with van der Waals surface area (Å²) in [5.41, 5.74) is 1.13. The predicted molar refractivity (Wildman–Crippen MR) is 76.5 cm³/mol. The zero-order chi connectivity index (χ0) is 13.2. The third-order valence-corrected chi connectivity index (χ3v) is 4.85. The summed E-state index contributed by atoms with van der Waals surface area (Å²) < 4.78 is 13.3. The van der Waals surface area contributed by atoms with Crippen LogP contribution in [0.2, 0.25) is 0 Å². The van der Waals surface area contributed by atoms with Crippen molar-refractivity contribution in [2.75, 3.05) is 6.54 Å². The lowest BCUT2D eigenvalue weighted by molar-refractivity contribution is 0.332. The zero-order valence-electron chi connectivity index (χ0n) is 11.7. The second kappa shape index (κ2) is 5.62. The fourth-order valence-corrected chi connectivity index (χ4v) is 3.74. The number of hydrogen-bond donors (Lipinski definition) is 1. The minimum atomic E-state index is -0.110. The van der Waals surface area contributed by atoms with Gasteiger partial charge in [0.15, 0.2) is 0 Å². The van der Waals surface area contributed by atoms with Crippen LogP contribution in [0.3, 0.4) is 0 Å². The van der Waals surface area contributed by atoms with E-state index in [1.165, 1.54) is 31.7 Å². The molecule has 3 rings (SSSR count). The minimum Gasteiger partial charge on any atom is -0.313 e. The van der Waals surface area contributed by atoms with Gasteiger partial charge in [-0.1, -0.05) is 19.1 Å². The number of fused-ring (bicyclic) bond motifs is 1. The number of rotatable bonds is 6. The summed E-state index contributed by atoms with van der Waals surface area (Å²) in [5.74, 6) is 2.73. The van der Waals surface area contributed by atoms with E-state index in [4.69, 9.17) is 0 Å². The number of hydrogen-bond acceptors (Lipinski definition) is 1. The van der Waals surface area contributed by atoms with Crippen LogP contribution in [0.5, 0.6) is 0 Å². The van der Waals surface area contributed by atoms with Gasteiger partial charge in [-0.3, -0.25) is 0 Å². The number of benzene rings is 1. The summed E-state index contributed by atoms with van der Waals surface area (Å²) in [4.78, 5) is 0. The molecule has 0 spiro atoms. The van der Waals surface area contributed by atoms with Crippen LogP contribution in [0.25, 0.3) is 0 Å². The smallest absolute Gasteiger partial charge is 0.123 e. The monoisotopic (exact) mass is 261 g/mol. The molecule has 3 unspecified atom stereocenters. The average molecular weight is 261 g/mol. The normalized spacial score (nSPS) is 30.1. The van der Waals surface area contributed by atoms with Gasteiger partial charge < -0.3 is 5.32 Å². The molecule has 1 aromatic carbocycles. The molecule has 0 bridgehead atoms. The van der Waals surface area contributed by atoms with Crippen molar-refractivity contribution in [3.63, 3.8) is 0 Å². The highest BCUT2D eigenvalue weighted by molar-refractivity contribution is 5.18. The van der Waals surface area contributed by atoms with Crippen molar-refractivity contribution in [1.82, 2.24) is 5.32 Å². The van der Waals surface area contributed by atoms with Gasteiger partial charge in [-0.25, -0.2) is 4.39 Å². The van der Waals surface area contributed by atoms with E-state index in [-0.39, 0.29) is 5.82 Å². The maximum absolute atomic E-state index is 13.3. The van der Waals surface area contributed by atoms with Crippen LogP contribution in [0.15, 0.2) is 24.3 Å². The molecule has 1 nitrogen and oxygen atoms in total. The number of halogens is 1. The van der Waals surface area contributed by atoms with E-state index in [9.17, 15) is 4.39 Å². The van der Waals surface area contributed by atoms with Crippen LogP contribution in [0.4, 0.5) is 4.39 Å². The minimum absolute atomic E-state index is 0.110. The van der Waals surface area contributed by atoms with Gasteiger partial charge >= 0.3 is 0 Å². The Morgan fingerprint density at radius 3 is 2.74 bits per heavy atom. The van der Waals surface area contributed by atoms with Crippen molar-refractivity contribution < 1.29 is 4.39 Å². The Labute approximate surface area is 115 Å². The lowest BCUT2D eigenvalue weighted by Crippen LogP contribution is -2.38. The second-order valence-electron chi connectivity index (χ2n) is 6.38. The van der Waals surface area contributed by atoms with Gasteiger partial charge in [-0.15, -0.1) is 0 Å². The first-order chi connectivity index (χ1) is 9.26. The average Bonchev–Trinajstić information content (AvgIpc) is 3.01. The highest BCUT2D eigenvalue weighted by Crippen LogP contribution is 2.55. The van der Waals surface area contributed by atoms with Crippen molar-refractivity contribution in [3.05, 3.63) is 35.6 Å². The largest absolute Gasteiger partial charge is 0.313 e. The molecule has 2 aliphatic carbocycles. The van der Waals surface area contributed by atoms with Gasteiger partial charge in [0.05, 0.1) is 0 Å². The van der Waals surface area contributed by atoms with E-state index >= 15 is 0 Å². The first kappa shape index (κ1) is 13.1. The summed E-state index contributed by atoms with van der Waals surface area (Å²) in [6.07, 6.45) is 6.39. The van der Waals surface area contributed by atoms with Crippen LogP contribution >= 0.6 is 0 Å². The molecule has 0 saturated heterocycles. The molecule has 1 N–H and O–H groups in total. The Morgan fingerprint density at radius 1 is 1.26 bits per heavy atom. The summed E-state index contributed by atoms with van der Waals surface area (Å²) in [6, 6.07) is 7.64. The number of nitrogens with one attached hydrogen (secondary N) is 1. The molecule has 19 heavy (non-hydrogen) atoms. The zero-order valence-corrected chi connectivity index (χ0v) is 11.7. The van der Waals surface area contributed by atoms with Gasteiger partial charge in [0.2, 0.25) is 0 Å². The Hall–Kier alpha value is -0.890. The molecule has 1 aromatic rings. The van der Waals surface area contributed by atoms with Crippen LogP contribution in [0, 0.1) is 23.6 Å². The SMILES string of the molecule is CCCNC(Cc1cccc(F)c1)C1CC2CC2C1. The van der Waals surface area contributed by atoms with Gasteiger partial charge in [-0.2, -0.15) is 0 Å². The molecule has 2 saturated carbocycles. The van der Waals surface area contributed by atoms with Gasteiger partial charge in [0.1, 0.15) is 5.82 Å². The van der Waals surface area contributed by atoms with E-state index < -0.39 is 0 Å². The van der Waals surface area contributed by atoms with Crippen LogP contribution < -0.4 is 5.32 Å². The van der Waals surface area contributed by atoms with E-state index in [2.05, 4.69) is 18.3 Å². The van der Waals surface area contributed by atoms with Crippen LogP contribution in [-0.2, 0) is 6.42 Å². The Balaban J connectivity index is 1.64. The lowest BCUT2D eigenvalue weighted by Gasteiger charge is -2.26. The van der Waals surface area contributed by atoms with Crippen molar-refractivity contribution in [3.8, 4) is 0 Å². The predicted octanol–water partition coefficient (Wildman–Crippen LogP) is 3.78. The van der Waals surface area contributed by atoms with Gasteiger partial charge in [0, 0.05) is 6.04 Å². The second-order valence-corrected chi connectivity index (χ2v) is 6.38.